The Morgan fingerprint density at radius 1 is 1.38 bits per heavy atom. The van der Waals surface area contributed by atoms with E-state index < -0.39 is 0 Å². The highest BCUT2D eigenvalue weighted by molar-refractivity contribution is 9.09. The molecule has 0 aliphatic carbocycles. The monoisotopic (exact) mass is 249 g/mol. The molecule has 2 nitrogen and oxygen atoms in total. The van der Waals surface area contributed by atoms with Crippen molar-refractivity contribution in [2.75, 3.05) is 12.4 Å². The fourth-order valence-electron chi connectivity index (χ4n) is 1.25. The first kappa shape index (κ1) is 12.9. The van der Waals surface area contributed by atoms with E-state index in [1.807, 2.05) is 11.9 Å². The lowest BCUT2D eigenvalue weighted by Crippen LogP contribution is -2.39. The van der Waals surface area contributed by atoms with Crippen LogP contribution in [-0.4, -0.2) is 29.2 Å². The molecule has 0 bridgehead atoms. The lowest BCUT2D eigenvalue weighted by atomic mass is 10.0. The summed E-state index contributed by atoms with van der Waals surface area (Å²) in [5, 5.41) is 0.843. The zero-order valence-electron chi connectivity index (χ0n) is 9.01. The second-order valence-electron chi connectivity index (χ2n) is 3.47. The summed E-state index contributed by atoms with van der Waals surface area (Å²) >= 11 is 3.38. The average molecular weight is 250 g/mol. The largest absolute Gasteiger partial charge is 0.342 e. The third kappa shape index (κ3) is 3.67. The zero-order chi connectivity index (χ0) is 10.4. The van der Waals surface area contributed by atoms with Crippen LogP contribution in [0.2, 0.25) is 0 Å². The number of carbonyl (C=O) groups is 1. The van der Waals surface area contributed by atoms with Crippen molar-refractivity contribution in [3.63, 3.8) is 0 Å². The molecule has 0 spiro atoms. The van der Waals surface area contributed by atoms with Gasteiger partial charge in [0.05, 0.1) is 0 Å². The number of rotatable bonds is 5. The van der Waals surface area contributed by atoms with Gasteiger partial charge >= 0.3 is 0 Å². The van der Waals surface area contributed by atoms with Gasteiger partial charge in [0, 0.05) is 24.3 Å². The number of amides is 1. The second kappa shape index (κ2) is 6.41. The van der Waals surface area contributed by atoms with E-state index in [9.17, 15) is 4.79 Å². The Balaban J connectivity index is 4.22. The number of alkyl halides is 1. The molecule has 0 N–H and O–H groups in total. The Bertz CT molecular complexity index is 157. The van der Waals surface area contributed by atoms with Crippen molar-refractivity contribution in [2.45, 2.75) is 39.7 Å². The first-order valence-corrected chi connectivity index (χ1v) is 6.03. The molecule has 1 atom stereocenters. The van der Waals surface area contributed by atoms with Crippen LogP contribution in [-0.2, 0) is 4.79 Å². The quantitative estimate of drug-likeness (QED) is 0.687. The summed E-state index contributed by atoms with van der Waals surface area (Å²) in [5.41, 5.74) is 0. The smallest absolute Gasteiger partial charge is 0.225 e. The molecule has 0 saturated carbocycles. The second-order valence-corrected chi connectivity index (χ2v) is 4.11. The van der Waals surface area contributed by atoms with Crippen LogP contribution in [0, 0.1) is 5.92 Å². The topological polar surface area (TPSA) is 20.3 Å². The molecule has 0 aromatic rings. The van der Waals surface area contributed by atoms with E-state index in [1.54, 1.807) is 0 Å². The molecule has 0 aromatic carbocycles. The Kier molecular flexibility index (Phi) is 6.39. The van der Waals surface area contributed by atoms with Gasteiger partial charge in [0.15, 0.2) is 0 Å². The minimum Gasteiger partial charge on any atom is -0.342 e. The molecule has 0 aromatic heterocycles. The van der Waals surface area contributed by atoms with E-state index >= 15 is 0 Å². The molecule has 13 heavy (non-hydrogen) atoms. The van der Waals surface area contributed by atoms with Gasteiger partial charge in [0.2, 0.25) is 5.91 Å². The lowest BCUT2D eigenvalue weighted by Gasteiger charge is -2.27. The van der Waals surface area contributed by atoms with Crippen LogP contribution >= 0.6 is 15.9 Å². The van der Waals surface area contributed by atoms with Crippen LogP contribution in [0.3, 0.4) is 0 Å². The first-order valence-electron chi connectivity index (χ1n) is 4.91. The van der Waals surface area contributed by atoms with Crippen molar-refractivity contribution in [1.82, 2.24) is 4.90 Å². The van der Waals surface area contributed by atoms with Gasteiger partial charge in [0.1, 0.15) is 0 Å². The van der Waals surface area contributed by atoms with Gasteiger partial charge in [-0.1, -0.05) is 29.8 Å². The number of hydrogen-bond acceptors (Lipinski definition) is 1. The minimum absolute atomic E-state index is 0.200. The first-order chi connectivity index (χ1) is 6.08. The fourth-order valence-corrected chi connectivity index (χ4v) is 1.68. The van der Waals surface area contributed by atoms with Crippen molar-refractivity contribution in [3.05, 3.63) is 0 Å². The van der Waals surface area contributed by atoms with Crippen molar-refractivity contribution in [1.29, 1.82) is 0 Å². The summed E-state index contributed by atoms with van der Waals surface area (Å²) in [6, 6.07) is 0.285. The highest BCUT2D eigenvalue weighted by atomic mass is 79.9. The third-order valence-electron chi connectivity index (χ3n) is 2.57. The van der Waals surface area contributed by atoms with Gasteiger partial charge < -0.3 is 4.90 Å². The lowest BCUT2D eigenvalue weighted by molar-refractivity contribution is -0.135. The molecule has 0 saturated heterocycles. The average Bonchev–Trinajstić information content (AvgIpc) is 2.17. The SMILES string of the molecule is CCC(CC)C(=O)N(C)C(C)CBr. The molecular weight excluding hydrogens is 230 g/mol. The van der Waals surface area contributed by atoms with Gasteiger partial charge in [0.25, 0.3) is 0 Å². The molecule has 0 aliphatic rings. The van der Waals surface area contributed by atoms with E-state index in [0.29, 0.717) is 0 Å². The standard InChI is InChI=1S/C10H20BrNO/c1-5-9(6-2)10(13)12(4)8(3)7-11/h8-9H,5-7H2,1-4H3. The van der Waals surface area contributed by atoms with Crippen LogP contribution in [0.5, 0.6) is 0 Å². The van der Waals surface area contributed by atoms with E-state index in [1.165, 1.54) is 0 Å². The van der Waals surface area contributed by atoms with Gasteiger partial charge in [-0.2, -0.15) is 0 Å². The molecule has 0 aliphatic heterocycles. The molecule has 0 rings (SSSR count). The van der Waals surface area contributed by atoms with Gasteiger partial charge in [-0.15, -0.1) is 0 Å². The molecule has 0 radical (unpaired) electrons. The Morgan fingerprint density at radius 2 is 1.85 bits per heavy atom. The van der Waals surface area contributed by atoms with E-state index in [2.05, 4.69) is 36.7 Å². The van der Waals surface area contributed by atoms with E-state index in [4.69, 9.17) is 0 Å². The molecule has 0 fully saturated rings. The normalized spacial score (nSPS) is 13.1. The molecule has 0 heterocycles. The van der Waals surface area contributed by atoms with E-state index in [-0.39, 0.29) is 17.9 Å². The van der Waals surface area contributed by atoms with E-state index in [0.717, 1.165) is 18.2 Å². The predicted octanol–water partition coefficient (Wildman–Crippen LogP) is 2.66. The number of carbonyl (C=O) groups excluding carboxylic acids is 1. The summed E-state index contributed by atoms with van der Waals surface area (Å²) < 4.78 is 0. The summed E-state index contributed by atoms with van der Waals surface area (Å²) in [6.45, 7) is 6.19. The highest BCUT2D eigenvalue weighted by Crippen LogP contribution is 2.13. The van der Waals surface area contributed by atoms with Crippen LogP contribution in [0.15, 0.2) is 0 Å². The van der Waals surface area contributed by atoms with Gasteiger partial charge in [-0.05, 0) is 19.8 Å². The maximum Gasteiger partial charge on any atom is 0.225 e. The fraction of sp³-hybridized carbons (Fsp3) is 0.900. The van der Waals surface area contributed by atoms with Gasteiger partial charge in [-0.3, -0.25) is 4.79 Å². The van der Waals surface area contributed by atoms with Crippen LogP contribution in [0.25, 0.3) is 0 Å². The predicted molar refractivity (Wildman–Crippen MR) is 60.1 cm³/mol. The Morgan fingerprint density at radius 3 is 2.15 bits per heavy atom. The molecule has 1 amide bonds. The zero-order valence-corrected chi connectivity index (χ0v) is 10.6. The highest BCUT2D eigenvalue weighted by Gasteiger charge is 2.21. The number of nitrogens with zero attached hydrogens (tertiary/aromatic N) is 1. The van der Waals surface area contributed by atoms with Crippen molar-refractivity contribution in [2.24, 2.45) is 5.92 Å². The summed E-state index contributed by atoms with van der Waals surface area (Å²) in [5.74, 6) is 0.475. The Hall–Kier alpha value is -0.0500. The summed E-state index contributed by atoms with van der Waals surface area (Å²) in [4.78, 5) is 13.7. The minimum atomic E-state index is 0.200. The van der Waals surface area contributed by atoms with Gasteiger partial charge in [-0.25, -0.2) is 0 Å². The van der Waals surface area contributed by atoms with Crippen LogP contribution < -0.4 is 0 Å². The molecule has 1 unspecified atom stereocenters. The molecule has 3 heteroatoms. The molecular formula is C10H20BrNO. The number of hydrogen-bond donors (Lipinski definition) is 0. The van der Waals surface area contributed by atoms with Crippen LogP contribution in [0.1, 0.15) is 33.6 Å². The van der Waals surface area contributed by atoms with Crippen LogP contribution in [0.4, 0.5) is 0 Å². The molecule has 78 valence electrons. The van der Waals surface area contributed by atoms with Crippen molar-refractivity contribution >= 4 is 21.8 Å². The maximum atomic E-state index is 11.8. The number of halogens is 1. The Labute approximate surface area is 89.8 Å². The van der Waals surface area contributed by atoms with Crippen molar-refractivity contribution in [3.8, 4) is 0 Å². The third-order valence-corrected chi connectivity index (χ3v) is 3.50. The maximum absolute atomic E-state index is 11.8. The summed E-state index contributed by atoms with van der Waals surface area (Å²) in [7, 11) is 1.88. The van der Waals surface area contributed by atoms with Crippen molar-refractivity contribution < 1.29 is 4.79 Å². The summed E-state index contributed by atoms with van der Waals surface area (Å²) in [6.07, 6.45) is 1.88.